The molecule has 0 atom stereocenters. The smallest absolute Gasteiger partial charge is 0.276 e. The number of nitrogens with zero attached hydrogens (tertiary/aromatic N) is 1. The third kappa shape index (κ3) is 4.65. The Morgan fingerprint density at radius 1 is 1.25 bits per heavy atom. The van der Waals surface area contributed by atoms with Crippen molar-refractivity contribution >= 4 is 29.3 Å². The lowest BCUT2D eigenvalue weighted by Gasteiger charge is -2.18. The Morgan fingerprint density at radius 3 is 2.50 bits per heavy atom. The van der Waals surface area contributed by atoms with Crippen LogP contribution in [0.3, 0.4) is 0 Å². The van der Waals surface area contributed by atoms with E-state index in [4.69, 9.17) is 17.0 Å². The molecule has 24 heavy (non-hydrogen) atoms. The number of benzene rings is 1. The molecule has 1 N–H and O–H groups in total. The molecule has 5 heteroatoms. The fourth-order valence-corrected chi connectivity index (χ4v) is 2.77. The number of carbonyl (C=O) groups is 1. The van der Waals surface area contributed by atoms with E-state index in [-0.39, 0.29) is 11.3 Å². The first-order valence-electron chi connectivity index (χ1n) is 8.35. The van der Waals surface area contributed by atoms with Gasteiger partial charge in [0.1, 0.15) is 5.70 Å². The molecule has 1 aromatic carbocycles. The Balaban J connectivity index is 2.05. The minimum absolute atomic E-state index is 0.0728. The second kappa shape index (κ2) is 7.90. The van der Waals surface area contributed by atoms with Gasteiger partial charge in [-0.3, -0.25) is 9.69 Å². The predicted octanol–water partition coefficient (Wildman–Crippen LogP) is 3.47. The molecule has 0 saturated carbocycles. The van der Waals surface area contributed by atoms with Gasteiger partial charge in [-0.2, -0.15) is 0 Å². The van der Waals surface area contributed by atoms with Crippen LogP contribution in [-0.4, -0.2) is 35.7 Å². The van der Waals surface area contributed by atoms with Crippen LogP contribution in [0.2, 0.25) is 0 Å². The molecule has 130 valence electrons. The van der Waals surface area contributed by atoms with E-state index in [1.165, 1.54) is 5.56 Å². The van der Waals surface area contributed by atoms with Gasteiger partial charge in [-0.05, 0) is 48.2 Å². The molecule has 1 heterocycles. The molecule has 0 spiro atoms. The van der Waals surface area contributed by atoms with Crippen LogP contribution < -0.4 is 5.32 Å². The summed E-state index contributed by atoms with van der Waals surface area (Å²) in [5, 5.41) is 3.48. The van der Waals surface area contributed by atoms with Crippen LogP contribution in [0, 0.1) is 0 Å². The molecule has 1 aliphatic heterocycles. The predicted molar refractivity (Wildman–Crippen MR) is 102 cm³/mol. The van der Waals surface area contributed by atoms with Crippen molar-refractivity contribution in [3.05, 3.63) is 41.1 Å². The number of nitrogens with one attached hydrogen (secondary N) is 1. The van der Waals surface area contributed by atoms with Crippen LogP contribution >= 0.6 is 12.2 Å². The fourth-order valence-electron chi connectivity index (χ4n) is 2.49. The highest BCUT2D eigenvalue weighted by molar-refractivity contribution is 7.80. The first-order chi connectivity index (χ1) is 11.3. The molecule has 2 rings (SSSR count). The molecule has 1 aromatic rings. The summed E-state index contributed by atoms with van der Waals surface area (Å²) in [6.07, 6.45) is 2.62. The number of thiocarbonyl (C=S) groups is 1. The van der Waals surface area contributed by atoms with Gasteiger partial charge in [0.25, 0.3) is 5.91 Å². The van der Waals surface area contributed by atoms with E-state index in [0.29, 0.717) is 30.6 Å². The molecule has 1 fully saturated rings. The fraction of sp³-hybridized carbons (Fsp3) is 0.474. The summed E-state index contributed by atoms with van der Waals surface area (Å²) in [7, 11) is 0. The summed E-state index contributed by atoms with van der Waals surface area (Å²) in [6, 6.07) is 8.26. The SMILES string of the molecule is CCOCCCN1C(=O)/C(=C\c2ccc(C(C)(C)C)cc2)NC1=S. The van der Waals surface area contributed by atoms with Crippen molar-refractivity contribution < 1.29 is 9.53 Å². The molecule has 4 nitrogen and oxygen atoms in total. The van der Waals surface area contributed by atoms with Crippen LogP contribution in [0.15, 0.2) is 30.0 Å². The lowest BCUT2D eigenvalue weighted by atomic mass is 9.87. The van der Waals surface area contributed by atoms with Gasteiger partial charge in [0, 0.05) is 19.8 Å². The van der Waals surface area contributed by atoms with E-state index in [9.17, 15) is 4.79 Å². The van der Waals surface area contributed by atoms with Gasteiger partial charge in [-0.1, -0.05) is 45.0 Å². The zero-order chi connectivity index (χ0) is 17.7. The molecular weight excluding hydrogens is 320 g/mol. The van der Waals surface area contributed by atoms with Crippen LogP contribution in [0.4, 0.5) is 0 Å². The van der Waals surface area contributed by atoms with Gasteiger partial charge in [0.15, 0.2) is 5.11 Å². The van der Waals surface area contributed by atoms with Gasteiger partial charge >= 0.3 is 0 Å². The minimum atomic E-state index is -0.0728. The van der Waals surface area contributed by atoms with Gasteiger partial charge in [-0.15, -0.1) is 0 Å². The minimum Gasteiger partial charge on any atom is -0.382 e. The highest BCUT2D eigenvalue weighted by Crippen LogP contribution is 2.23. The van der Waals surface area contributed by atoms with Crippen LogP contribution in [0.5, 0.6) is 0 Å². The second-order valence-corrected chi connectivity index (χ2v) is 7.25. The topological polar surface area (TPSA) is 41.6 Å². The van der Waals surface area contributed by atoms with Crippen molar-refractivity contribution in [2.24, 2.45) is 0 Å². The van der Waals surface area contributed by atoms with Crippen molar-refractivity contribution in [3.63, 3.8) is 0 Å². The molecule has 1 saturated heterocycles. The van der Waals surface area contributed by atoms with E-state index < -0.39 is 0 Å². The molecule has 0 bridgehead atoms. The summed E-state index contributed by atoms with van der Waals surface area (Å²) < 4.78 is 5.31. The third-order valence-corrected chi connectivity index (χ3v) is 4.25. The highest BCUT2D eigenvalue weighted by Gasteiger charge is 2.29. The van der Waals surface area contributed by atoms with Gasteiger partial charge in [-0.25, -0.2) is 0 Å². The molecule has 0 unspecified atom stereocenters. The van der Waals surface area contributed by atoms with Crippen molar-refractivity contribution in [3.8, 4) is 0 Å². The summed E-state index contributed by atoms with van der Waals surface area (Å²) in [4.78, 5) is 14.1. The number of rotatable bonds is 6. The lowest BCUT2D eigenvalue weighted by Crippen LogP contribution is -2.32. The zero-order valence-corrected chi connectivity index (χ0v) is 15.7. The number of hydrogen-bond donors (Lipinski definition) is 1. The molecule has 0 aromatic heterocycles. The van der Waals surface area contributed by atoms with Crippen molar-refractivity contribution in [1.29, 1.82) is 0 Å². The van der Waals surface area contributed by atoms with Gasteiger partial charge in [0.2, 0.25) is 0 Å². The Morgan fingerprint density at radius 2 is 1.92 bits per heavy atom. The Bertz CT molecular complexity index is 630. The second-order valence-electron chi connectivity index (χ2n) is 6.87. The maximum absolute atomic E-state index is 12.5. The number of carbonyl (C=O) groups excluding carboxylic acids is 1. The standard InChI is InChI=1S/C19H26N2O2S/c1-5-23-12-6-11-21-17(22)16(20-18(21)24)13-14-7-9-15(10-8-14)19(2,3)4/h7-10,13H,5-6,11-12H2,1-4H3,(H,20,24)/b16-13+. The van der Waals surface area contributed by atoms with Crippen molar-refractivity contribution in [1.82, 2.24) is 10.2 Å². The summed E-state index contributed by atoms with van der Waals surface area (Å²) in [6.45, 7) is 10.4. The average Bonchev–Trinajstić information content (AvgIpc) is 2.78. The van der Waals surface area contributed by atoms with Gasteiger partial charge in [0.05, 0.1) is 0 Å². The summed E-state index contributed by atoms with van der Waals surface area (Å²) in [5.74, 6) is -0.0728. The Labute approximate surface area is 149 Å². The molecule has 1 amide bonds. The quantitative estimate of drug-likeness (QED) is 0.486. The van der Waals surface area contributed by atoms with E-state index in [2.05, 4.69) is 38.2 Å². The molecule has 1 aliphatic rings. The Kier molecular flexibility index (Phi) is 6.13. The Hall–Kier alpha value is -1.72. The monoisotopic (exact) mass is 346 g/mol. The summed E-state index contributed by atoms with van der Waals surface area (Å²) in [5.41, 5.74) is 2.90. The number of hydrogen-bond acceptors (Lipinski definition) is 3. The molecule has 0 aliphatic carbocycles. The average molecular weight is 346 g/mol. The molecule has 0 radical (unpaired) electrons. The van der Waals surface area contributed by atoms with E-state index >= 15 is 0 Å². The normalized spacial score (nSPS) is 16.8. The van der Waals surface area contributed by atoms with E-state index in [1.54, 1.807) is 4.90 Å². The lowest BCUT2D eigenvalue weighted by molar-refractivity contribution is -0.122. The van der Waals surface area contributed by atoms with Crippen LogP contribution in [0.1, 0.15) is 45.2 Å². The maximum Gasteiger partial charge on any atom is 0.276 e. The van der Waals surface area contributed by atoms with E-state index in [0.717, 1.165) is 12.0 Å². The third-order valence-electron chi connectivity index (χ3n) is 3.92. The van der Waals surface area contributed by atoms with Crippen LogP contribution in [0.25, 0.3) is 6.08 Å². The van der Waals surface area contributed by atoms with Crippen molar-refractivity contribution in [2.45, 2.75) is 39.5 Å². The number of amides is 1. The summed E-state index contributed by atoms with van der Waals surface area (Å²) >= 11 is 5.27. The first-order valence-corrected chi connectivity index (χ1v) is 8.76. The van der Waals surface area contributed by atoms with E-state index in [1.807, 2.05) is 25.1 Å². The van der Waals surface area contributed by atoms with Crippen molar-refractivity contribution in [2.75, 3.05) is 19.8 Å². The first kappa shape index (κ1) is 18.6. The molecular formula is C19H26N2O2S. The van der Waals surface area contributed by atoms with Crippen LogP contribution in [-0.2, 0) is 14.9 Å². The highest BCUT2D eigenvalue weighted by atomic mass is 32.1. The maximum atomic E-state index is 12.5. The van der Waals surface area contributed by atoms with Gasteiger partial charge < -0.3 is 10.1 Å². The zero-order valence-electron chi connectivity index (χ0n) is 14.9. The number of ether oxygens (including phenoxy) is 1. The largest absolute Gasteiger partial charge is 0.382 e.